The van der Waals surface area contributed by atoms with Crippen LogP contribution in [0.4, 0.5) is 0 Å². The van der Waals surface area contributed by atoms with Gasteiger partial charge in [-0.05, 0) is 35.4 Å². The Morgan fingerprint density at radius 1 is 0.929 bits per heavy atom. The molecule has 1 aromatic heterocycles. The molecule has 0 saturated heterocycles. The molecule has 0 bridgehead atoms. The first kappa shape index (κ1) is 18.0. The Hall–Kier alpha value is -3.37. The molecule has 1 N–H and O–H groups in total. The van der Waals surface area contributed by atoms with E-state index >= 15 is 0 Å². The molecule has 0 aliphatic heterocycles. The van der Waals surface area contributed by atoms with Gasteiger partial charge in [-0.1, -0.05) is 60.1 Å². The third-order valence-corrected chi connectivity index (χ3v) is 4.91. The second-order valence-electron chi connectivity index (χ2n) is 6.30. The van der Waals surface area contributed by atoms with Gasteiger partial charge in [-0.2, -0.15) is 0 Å². The van der Waals surface area contributed by atoms with E-state index in [1.54, 1.807) is 19.2 Å². The van der Waals surface area contributed by atoms with Crippen LogP contribution in [0.1, 0.15) is 10.4 Å². The second kappa shape index (κ2) is 7.33. The van der Waals surface area contributed by atoms with Gasteiger partial charge in [0, 0.05) is 10.9 Å². The third-order valence-electron chi connectivity index (χ3n) is 4.61. The highest BCUT2D eigenvalue weighted by Gasteiger charge is 2.13. The molecule has 5 heteroatoms. The Kier molecular flexibility index (Phi) is 4.72. The molecule has 4 rings (SSSR count). The quantitative estimate of drug-likeness (QED) is 0.470. The largest absolute Gasteiger partial charge is 0.495 e. The number of carbonyl (C=O) groups is 1. The first-order chi connectivity index (χ1) is 13.6. The molecule has 28 heavy (non-hydrogen) atoms. The van der Waals surface area contributed by atoms with Crippen molar-refractivity contribution in [2.24, 2.45) is 0 Å². The normalized spacial score (nSPS) is 10.8. The summed E-state index contributed by atoms with van der Waals surface area (Å²) in [5.74, 6) is -0.340. The summed E-state index contributed by atoms with van der Waals surface area (Å²) < 4.78 is 5.19. The van der Waals surface area contributed by atoms with Crippen LogP contribution in [-0.2, 0) is 0 Å². The Balaban J connectivity index is 1.75. The van der Waals surface area contributed by atoms with Gasteiger partial charge in [-0.25, -0.2) is 9.78 Å². The topological polar surface area (TPSA) is 59.4 Å². The van der Waals surface area contributed by atoms with Gasteiger partial charge in [0.05, 0.1) is 28.9 Å². The van der Waals surface area contributed by atoms with Crippen LogP contribution in [0.3, 0.4) is 0 Å². The zero-order valence-corrected chi connectivity index (χ0v) is 15.8. The molecule has 0 aliphatic carbocycles. The number of aromatic carboxylic acids is 1. The number of fused-ring (bicyclic) bond motifs is 1. The van der Waals surface area contributed by atoms with Crippen LogP contribution in [0, 0.1) is 0 Å². The Bertz CT molecular complexity index is 1190. The summed E-state index contributed by atoms with van der Waals surface area (Å²) in [6, 6.07) is 22.3. The van der Waals surface area contributed by atoms with E-state index in [0.29, 0.717) is 27.4 Å². The summed E-state index contributed by atoms with van der Waals surface area (Å²) in [6.45, 7) is 0. The number of hydrogen-bond donors (Lipinski definition) is 1. The minimum atomic E-state index is -0.968. The van der Waals surface area contributed by atoms with Crippen molar-refractivity contribution in [1.29, 1.82) is 0 Å². The average molecular weight is 390 g/mol. The molecule has 0 atom stereocenters. The fourth-order valence-corrected chi connectivity index (χ4v) is 3.44. The number of carboxylic acids is 1. The number of hydrogen-bond acceptors (Lipinski definition) is 3. The van der Waals surface area contributed by atoms with Crippen LogP contribution in [0.2, 0.25) is 5.02 Å². The number of carboxylic acid groups (broad SMARTS) is 1. The minimum absolute atomic E-state index is 0.242. The van der Waals surface area contributed by atoms with Crippen LogP contribution in [0.25, 0.3) is 33.3 Å². The van der Waals surface area contributed by atoms with E-state index < -0.39 is 5.97 Å². The molecule has 0 spiro atoms. The highest BCUT2D eigenvalue weighted by atomic mass is 35.5. The number of ether oxygens (including phenoxy) is 1. The summed E-state index contributed by atoms with van der Waals surface area (Å²) in [5.41, 5.74) is 4.32. The van der Waals surface area contributed by atoms with Gasteiger partial charge in [0.2, 0.25) is 0 Å². The van der Waals surface area contributed by atoms with Crippen LogP contribution >= 0.6 is 11.6 Å². The monoisotopic (exact) mass is 389 g/mol. The molecule has 0 amide bonds. The van der Waals surface area contributed by atoms with E-state index in [1.165, 1.54) is 0 Å². The van der Waals surface area contributed by atoms with Gasteiger partial charge in [-0.15, -0.1) is 0 Å². The summed E-state index contributed by atoms with van der Waals surface area (Å²) in [5, 5.41) is 10.7. The van der Waals surface area contributed by atoms with Crippen molar-refractivity contribution in [3.8, 4) is 28.1 Å². The summed E-state index contributed by atoms with van der Waals surface area (Å²) in [6.07, 6.45) is 0. The number of methoxy groups -OCH3 is 1. The standard InChI is InChI=1S/C23H16ClNO3/c1-28-22-11-10-16(12-19(22)24)14-6-8-15(9-7-14)21-13-18(23(26)27)17-4-2-3-5-20(17)25-21/h2-13H,1H3,(H,26,27). The van der Waals surface area contributed by atoms with Crippen LogP contribution in [-0.4, -0.2) is 23.2 Å². The first-order valence-electron chi connectivity index (χ1n) is 8.64. The molecule has 0 saturated carbocycles. The van der Waals surface area contributed by atoms with E-state index in [2.05, 4.69) is 4.98 Å². The molecule has 138 valence electrons. The fourth-order valence-electron chi connectivity index (χ4n) is 3.18. The number of rotatable bonds is 4. The van der Waals surface area contributed by atoms with Gasteiger partial charge in [-0.3, -0.25) is 0 Å². The highest BCUT2D eigenvalue weighted by Crippen LogP contribution is 2.32. The SMILES string of the molecule is COc1ccc(-c2ccc(-c3cc(C(=O)O)c4ccccc4n3)cc2)cc1Cl. The number of para-hydroxylation sites is 1. The smallest absolute Gasteiger partial charge is 0.336 e. The number of halogens is 1. The zero-order chi connectivity index (χ0) is 19.7. The van der Waals surface area contributed by atoms with E-state index in [0.717, 1.165) is 16.7 Å². The predicted molar refractivity (Wildman–Crippen MR) is 111 cm³/mol. The number of nitrogens with zero attached hydrogens (tertiary/aromatic N) is 1. The lowest BCUT2D eigenvalue weighted by molar-refractivity contribution is 0.0699. The maximum Gasteiger partial charge on any atom is 0.336 e. The molecule has 0 unspecified atom stereocenters. The van der Waals surface area contributed by atoms with E-state index in [4.69, 9.17) is 16.3 Å². The Morgan fingerprint density at radius 3 is 2.29 bits per heavy atom. The fraction of sp³-hybridized carbons (Fsp3) is 0.0435. The van der Waals surface area contributed by atoms with Gasteiger partial charge >= 0.3 is 5.97 Å². The maximum absolute atomic E-state index is 11.7. The zero-order valence-electron chi connectivity index (χ0n) is 15.0. The molecule has 0 fully saturated rings. The molecule has 4 aromatic rings. The van der Waals surface area contributed by atoms with Gasteiger partial charge < -0.3 is 9.84 Å². The summed E-state index contributed by atoms with van der Waals surface area (Å²) in [4.78, 5) is 16.3. The number of aromatic nitrogens is 1. The summed E-state index contributed by atoms with van der Waals surface area (Å²) >= 11 is 6.22. The molecule has 1 heterocycles. The lowest BCUT2D eigenvalue weighted by atomic mass is 10.0. The van der Waals surface area contributed by atoms with Crippen LogP contribution < -0.4 is 4.74 Å². The second-order valence-corrected chi connectivity index (χ2v) is 6.71. The molecule has 3 aromatic carbocycles. The van der Waals surface area contributed by atoms with E-state index in [9.17, 15) is 9.90 Å². The van der Waals surface area contributed by atoms with Crippen molar-refractivity contribution in [3.63, 3.8) is 0 Å². The third kappa shape index (κ3) is 3.30. The predicted octanol–water partition coefficient (Wildman–Crippen LogP) is 5.93. The van der Waals surface area contributed by atoms with Crippen molar-refractivity contribution in [3.05, 3.63) is 83.4 Å². The molecule has 4 nitrogen and oxygen atoms in total. The van der Waals surface area contributed by atoms with Crippen molar-refractivity contribution in [1.82, 2.24) is 4.98 Å². The molecular formula is C23H16ClNO3. The van der Waals surface area contributed by atoms with E-state index in [-0.39, 0.29) is 5.56 Å². The lowest BCUT2D eigenvalue weighted by Gasteiger charge is -2.09. The number of benzene rings is 3. The maximum atomic E-state index is 11.7. The van der Waals surface area contributed by atoms with Gasteiger partial charge in [0.15, 0.2) is 0 Å². The molecule has 0 radical (unpaired) electrons. The van der Waals surface area contributed by atoms with Crippen molar-refractivity contribution in [2.45, 2.75) is 0 Å². The summed E-state index contributed by atoms with van der Waals surface area (Å²) in [7, 11) is 1.58. The first-order valence-corrected chi connectivity index (χ1v) is 9.02. The minimum Gasteiger partial charge on any atom is -0.495 e. The van der Waals surface area contributed by atoms with Gasteiger partial charge in [0.25, 0.3) is 0 Å². The lowest BCUT2D eigenvalue weighted by Crippen LogP contribution is -2.00. The Morgan fingerprint density at radius 2 is 1.61 bits per heavy atom. The van der Waals surface area contributed by atoms with Crippen molar-refractivity contribution >= 4 is 28.5 Å². The highest BCUT2D eigenvalue weighted by molar-refractivity contribution is 6.32. The van der Waals surface area contributed by atoms with Crippen molar-refractivity contribution in [2.75, 3.05) is 7.11 Å². The Labute approximate surface area is 167 Å². The van der Waals surface area contributed by atoms with E-state index in [1.807, 2.05) is 60.7 Å². The van der Waals surface area contributed by atoms with Crippen molar-refractivity contribution < 1.29 is 14.6 Å². The molecular weight excluding hydrogens is 374 g/mol. The van der Waals surface area contributed by atoms with Crippen LogP contribution in [0.5, 0.6) is 5.75 Å². The van der Waals surface area contributed by atoms with Gasteiger partial charge in [0.1, 0.15) is 5.75 Å². The molecule has 0 aliphatic rings. The number of pyridine rings is 1. The average Bonchev–Trinajstić information content (AvgIpc) is 2.73. The van der Waals surface area contributed by atoms with Crippen LogP contribution in [0.15, 0.2) is 72.8 Å².